The van der Waals surface area contributed by atoms with Gasteiger partial charge in [0.25, 0.3) is 0 Å². The van der Waals surface area contributed by atoms with Crippen LogP contribution < -0.4 is 0 Å². The van der Waals surface area contributed by atoms with Crippen LogP contribution in [0.4, 0.5) is 0 Å². The molecule has 0 heterocycles. The Hall–Kier alpha value is 0. The van der Waals surface area contributed by atoms with Gasteiger partial charge < -0.3 is 0 Å². The fourth-order valence-electron chi connectivity index (χ4n) is 3.17. The van der Waals surface area contributed by atoms with Gasteiger partial charge in [-0.3, -0.25) is 0 Å². The number of hydrogen-bond donors (Lipinski definition) is 0. The molecule has 0 aromatic heterocycles. The highest BCUT2D eigenvalue weighted by atomic mass is 14.4. The standard InChI is InChI=1S/C16H32/c1-15(2,3)11-10-13-8-7-9-14(13)12-16(4,5)6/h13-14H,7-12H2,1-6H3. The van der Waals surface area contributed by atoms with Gasteiger partial charge in [0, 0.05) is 0 Å². The second kappa shape index (κ2) is 5.10. The molecule has 0 aromatic rings. The van der Waals surface area contributed by atoms with Gasteiger partial charge in [-0.1, -0.05) is 60.8 Å². The van der Waals surface area contributed by atoms with Crippen molar-refractivity contribution in [2.45, 2.75) is 80.1 Å². The highest BCUT2D eigenvalue weighted by Crippen LogP contribution is 2.42. The number of rotatable bonds is 3. The Labute approximate surface area is 103 Å². The summed E-state index contributed by atoms with van der Waals surface area (Å²) in [5, 5.41) is 0. The minimum Gasteiger partial charge on any atom is -0.0602 e. The van der Waals surface area contributed by atoms with Crippen LogP contribution in [0.1, 0.15) is 80.1 Å². The van der Waals surface area contributed by atoms with Gasteiger partial charge >= 0.3 is 0 Å². The molecule has 96 valence electrons. The highest BCUT2D eigenvalue weighted by molar-refractivity contribution is 4.82. The first-order valence-electron chi connectivity index (χ1n) is 7.17. The Balaban J connectivity index is 2.41. The molecule has 0 bridgehead atoms. The third kappa shape index (κ3) is 5.37. The van der Waals surface area contributed by atoms with E-state index in [2.05, 4.69) is 41.5 Å². The summed E-state index contributed by atoms with van der Waals surface area (Å²) in [5.74, 6) is 2.04. The fraction of sp³-hybridized carbons (Fsp3) is 1.00. The third-order valence-electron chi connectivity index (χ3n) is 3.96. The topological polar surface area (TPSA) is 0 Å². The highest BCUT2D eigenvalue weighted by Gasteiger charge is 2.31. The van der Waals surface area contributed by atoms with Gasteiger partial charge in [0.1, 0.15) is 0 Å². The molecule has 1 aliphatic carbocycles. The Bertz CT molecular complexity index is 201. The van der Waals surface area contributed by atoms with E-state index in [-0.39, 0.29) is 0 Å². The lowest BCUT2D eigenvalue weighted by atomic mass is 9.77. The molecule has 1 fully saturated rings. The zero-order chi connectivity index (χ0) is 12.4. The van der Waals surface area contributed by atoms with E-state index < -0.39 is 0 Å². The van der Waals surface area contributed by atoms with E-state index in [1.807, 2.05) is 0 Å². The van der Waals surface area contributed by atoms with Crippen molar-refractivity contribution in [2.75, 3.05) is 0 Å². The molecule has 0 N–H and O–H groups in total. The van der Waals surface area contributed by atoms with Crippen molar-refractivity contribution in [1.82, 2.24) is 0 Å². The van der Waals surface area contributed by atoms with Crippen molar-refractivity contribution in [3.05, 3.63) is 0 Å². The first kappa shape index (κ1) is 14.1. The first-order chi connectivity index (χ1) is 7.17. The lowest BCUT2D eigenvalue weighted by Gasteiger charge is -2.29. The largest absolute Gasteiger partial charge is 0.0602 e. The summed E-state index contributed by atoms with van der Waals surface area (Å²) in [6, 6.07) is 0. The molecule has 0 nitrogen and oxygen atoms in total. The number of hydrogen-bond acceptors (Lipinski definition) is 0. The van der Waals surface area contributed by atoms with E-state index in [9.17, 15) is 0 Å². The van der Waals surface area contributed by atoms with E-state index in [4.69, 9.17) is 0 Å². The van der Waals surface area contributed by atoms with Crippen LogP contribution >= 0.6 is 0 Å². The van der Waals surface area contributed by atoms with Gasteiger partial charge in [0.15, 0.2) is 0 Å². The average molecular weight is 224 g/mol. The quantitative estimate of drug-likeness (QED) is 0.580. The maximum atomic E-state index is 2.39. The van der Waals surface area contributed by atoms with Crippen LogP contribution in [-0.4, -0.2) is 0 Å². The first-order valence-corrected chi connectivity index (χ1v) is 7.17. The molecule has 0 amide bonds. The Morgan fingerprint density at radius 3 is 1.88 bits per heavy atom. The summed E-state index contributed by atoms with van der Waals surface area (Å²) in [5.41, 5.74) is 1.05. The maximum absolute atomic E-state index is 2.39. The summed E-state index contributed by atoms with van der Waals surface area (Å²) >= 11 is 0. The average Bonchev–Trinajstić information content (AvgIpc) is 2.44. The van der Waals surface area contributed by atoms with Gasteiger partial charge in [-0.15, -0.1) is 0 Å². The molecule has 0 aromatic carbocycles. The van der Waals surface area contributed by atoms with Gasteiger partial charge in [-0.05, 0) is 41.9 Å². The van der Waals surface area contributed by atoms with E-state index in [0.29, 0.717) is 10.8 Å². The molecule has 0 spiro atoms. The van der Waals surface area contributed by atoms with Gasteiger partial charge in [-0.25, -0.2) is 0 Å². The van der Waals surface area contributed by atoms with Crippen LogP contribution in [0.3, 0.4) is 0 Å². The molecule has 0 heteroatoms. The third-order valence-corrected chi connectivity index (χ3v) is 3.96. The molecular weight excluding hydrogens is 192 g/mol. The smallest absolute Gasteiger partial charge is 0.0380 e. The minimum atomic E-state index is 0.523. The fourth-order valence-corrected chi connectivity index (χ4v) is 3.17. The van der Waals surface area contributed by atoms with Crippen LogP contribution in [0.15, 0.2) is 0 Å². The van der Waals surface area contributed by atoms with Crippen molar-refractivity contribution in [1.29, 1.82) is 0 Å². The molecule has 1 saturated carbocycles. The molecule has 1 rings (SSSR count). The molecule has 1 aliphatic rings. The van der Waals surface area contributed by atoms with E-state index in [1.165, 1.54) is 38.5 Å². The van der Waals surface area contributed by atoms with Gasteiger partial charge in [-0.2, -0.15) is 0 Å². The van der Waals surface area contributed by atoms with Gasteiger partial charge in [0.2, 0.25) is 0 Å². The van der Waals surface area contributed by atoms with Crippen LogP contribution in [-0.2, 0) is 0 Å². The molecule has 2 atom stereocenters. The van der Waals surface area contributed by atoms with E-state index in [0.717, 1.165) is 11.8 Å². The van der Waals surface area contributed by atoms with Crippen LogP contribution in [0.2, 0.25) is 0 Å². The minimum absolute atomic E-state index is 0.523. The zero-order valence-corrected chi connectivity index (χ0v) is 12.4. The summed E-state index contributed by atoms with van der Waals surface area (Å²) in [6.45, 7) is 14.3. The predicted octanol–water partition coefficient (Wildman–Crippen LogP) is 5.67. The van der Waals surface area contributed by atoms with E-state index in [1.54, 1.807) is 0 Å². The molecule has 0 aliphatic heterocycles. The van der Waals surface area contributed by atoms with Crippen LogP contribution in [0.5, 0.6) is 0 Å². The lowest BCUT2D eigenvalue weighted by molar-refractivity contribution is 0.220. The second-order valence-corrected chi connectivity index (χ2v) is 8.32. The Kier molecular flexibility index (Phi) is 4.49. The molecule has 0 saturated heterocycles. The summed E-state index contributed by atoms with van der Waals surface area (Å²) in [4.78, 5) is 0. The molecule has 0 radical (unpaired) electrons. The van der Waals surface area contributed by atoms with Crippen LogP contribution in [0, 0.1) is 22.7 Å². The summed E-state index contributed by atoms with van der Waals surface area (Å²) < 4.78 is 0. The monoisotopic (exact) mass is 224 g/mol. The van der Waals surface area contributed by atoms with Crippen molar-refractivity contribution >= 4 is 0 Å². The second-order valence-electron chi connectivity index (χ2n) is 8.32. The van der Waals surface area contributed by atoms with E-state index >= 15 is 0 Å². The van der Waals surface area contributed by atoms with Crippen LogP contribution in [0.25, 0.3) is 0 Å². The summed E-state index contributed by atoms with van der Waals surface area (Å²) in [7, 11) is 0. The van der Waals surface area contributed by atoms with Gasteiger partial charge in [0.05, 0.1) is 0 Å². The maximum Gasteiger partial charge on any atom is -0.0380 e. The Morgan fingerprint density at radius 1 is 0.812 bits per heavy atom. The predicted molar refractivity (Wildman–Crippen MR) is 73.6 cm³/mol. The molecular formula is C16H32. The molecule has 2 unspecified atom stereocenters. The lowest BCUT2D eigenvalue weighted by Crippen LogP contribution is -2.18. The van der Waals surface area contributed by atoms with Crippen molar-refractivity contribution in [2.24, 2.45) is 22.7 Å². The van der Waals surface area contributed by atoms with Crippen molar-refractivity contribution in [3.63, 3.8) is 0 Å². The Morgan fingerprint density at radius 2 is 1.38 bits per heavy atom. The summed E-state index contributed by atoms with van der Waals surface area (Å²) in [6.07, 6.45) is 8.77. The SMILES string of the molecule is CC(C)(C)CCC1CCCC1CC(C)(C)C. The normalized spacial score (nSPS) is 27.4. The van der Waals surface area contributed by atoms with Crippen molar-refractivity contribution in [3.8, 4) is 0 Å². The molecule has 16 heavy (non-hydrogen) atoms. The van der Waals surface area contributed by atoms with Crippen molar-refractivity contribution < 1.29 is 0 Å². The zero-order valence-electron chi connectivity index (χ0n) is 12.4.